The quantitative estimate of drug-likeness (QED) is 0.478. The topological polar surface area (TPSA) is 85.7 Å². The Labute approximate surface area is 184 Å². The fourth-order valence-corrected chi connectivity index (χ4v) is 5.64. The minimum absolute atomic E-state index is 0.0710. The fraction of sp³-hybridized carbons (Fsp3) is 0.478. The molecule has 0 unspecified atom stereocenters. The van der Waals surface area contributed by atoms with Gasteiger partial charge in [-0.25, -0.2) is 13.2 Å². The van der Waals surface area contributed by atoms with Crippen molar-refractivity contribution in [2.24, 2.45) is 0 Å². The predicted octanol–water partition coefficient (Wildman–Crippen LogP) is 3.73. The van der Waals surface area contributed by atoms with Gasteiger partial charge in [0.2, 0.25) is 15.8 Å². The zero-order chi connectivity index (χ0) is 22.6. The van der Waals surface area contributed by atoms with E-state index in [1.165, 1.54) is 28.6 Å². The molecular weight excluding hydrogens is 416 g/mol. The van der Waals surface area contributed by atoms with E-state index in [9.17, 15) is 18.0 Å². The van der Waals surface area contributed by atoms with Crippen LogP contribution in [0.1, 0.15) is 64.7 Å². The Balaban J connectivity index is 1.71. The van der Waals surface area contributed by atoms with Crippen molar-refractivity contribution in [3.05, 3.63) is 52.8 Å². The number of sulfonamides is 1. The normalized spacial score (nSPS) is 15.5. The third-order valence-electron chi connectivity index (χ3n) is 5.80. The summed E-state index contributed by atoms with van der Waals surface area (Å²) in [7, 11) is -3.67. The van der Waals surface area contributed by atoms with E-state index in [0.717, 1.165) is 43.6 Å². The molecule has 1 aliphatic rings. The molecule has 0 radical (unpaired) electrons. The second-order valence-electron chi connectivity index (χ2n) is 7.87. The van der Waals surface area contributed by atoms with Crippen LogP contribution in [0.2, 0.25) is 0 Å². The van der Waals surface area contributed by atoms with Gasteiger partial charge in [0.25, 0.3) is 0 Å². The maximum atomic E-state index is 13.0. The molecule has 2 heterocycles. The lowest BCUT2D eigenvalue weighted by molar-refractivity contribution is 0.0474. The molecule has 0 atom stereocenters. The second kappa shape index (κ2) is 9.78. The molecule has 31 heavy (non-hydrogen) atoms. The number of Topliss-reactive ketones (excluding diaryl/α,β-unsaturated/α-hetero) is 1. The van der Waals surface area contributed by atoms with Gasteiger partial charge >= 0.3 is 5.97 Å². The van der Waals surface area contributed by atoms with Crippen LogP contribution in [-0.2, 0) is 21.3 Å². The summed E-state index contributed by atoms with van der Waals surface area (Å²) in [5, 5.41) is 0. The van der Waals surface area contributed by atoms with Crippen LogP contribution in [0.3, 0.4) is 0 Å². The van der Waals surface area contributed by atoms with E-state index < -0.39 is 22.6 Å². The molecule has 7 nitrogen and oxygen atoms in total. The first-order valence-electron chi connectivity index (χ1n) is 10.7. The molecular formula is C23H30N2O5S. The summed E-state index contributed by atoms with van der Waals surface area (Å²) in [6, 6.07) is 7.64. The number of hydrogen-bond donors (Lipinski definition) is 0. The molecule has 3 rings (SSSR count). The van der Waals surface area contributed by atoms with Crippen molar-refractivity contribution in [1.29, 1.82) is 0 Å². The van der Waals surface area contributed by atoms with Gasteiger partial charge in [-0.05, 0) is 57.9 Å². The van der Waals surface area contributed by atoms with Crippen LogP contribution in [0.5, 0.6) is 0 Å². The average molecular weight is 447 g/mol. The summed E-state index contributed by atoms with van der Waals surface area (Å²) < 4.78 is 34.7. The zero-order valence-electron chi connectivity index (χ0n) is 18.4. The zero-order valence-corrected chi connectivity index (χ0v) is 19.2. The Hall–Kier alpha value is -2.45. The van der Waals surface area contributed by atoms with Crippen molar-refractivity contribution in [3.8, 4) is 0 Å². The van der Waals surface area contributed by atoms with Gasteiger partial charge in [0.15, 0.2) is 6.61 Å². The number of aromatic nitrogens is 1. The molecule has 0 aliphatic carbocycles. The van der Waals surface area contributed by atoms with Gasteiger partial charge in [-0.2, -0.15) is 4.31 Å². The number of rotatable bonds is 7. The molecule has 0 spiro atoms. The molecule has 0 amide bonds. The highest BCUT2D eigenvalue weighted by Gasteiger charge is 2.26. The van der Waals surface area contributed by atoms with Crippen molar-refractivity contribution in [3.63, 3.8) is 0 Å². The van der Waals surface area contributed by atoms with E-state index in [4.69, 9.17) is 4.74 Å². The van der Waals surface area contributed by atoms with Gasteiger partial charge in [0.1, 0.15) is 0 Å². The number of carbonyl (C=O) groups excluding carboxylic acids is 2. The number of ether oxygens (including phenoxy) is 1. The second-order valence-corrected chi connectivity index (χ2v) is 9.81. The molecule has 1 aromatic heterocycles. The van der Waals surface area contributed by atoms with E-state index in [0.29, 0.717) is 18.7 Å². The molecule has 1 aliphatic heterocycles. The van der Waals surface area contributed by atoms with Gasteiger partial charge in [0.05, 0.1) is 10.5 Å². The van der Waals surface area contributed by atoms with Crippen LogP contribution in [-0.4, -0.2) is 48.7 Å². The summed E-state index contributed by atoms with van der Waals surface area (Å²) in [6.45, 7) is 7.13. The third-order valence-corrected chi connectivity index (χ3v) is 7.69. The van der Waals surface area contributed by atoms with Crippen molar-refractivity contribution < 1.29 is 22.7 Å². The first-order chi connectivity index (χ1) is 14.8. The van der Waals surface area contributed by atoms with Crippen LogP contribution < -0.4 is 0 Å². The Morgan fingerprint density at radius 3 is 2.32 bits per heavy atom. The monoisotopic (exact) mass is 446 g/mol. The van der Waals surface area contributed by atoms with Crippen molar-refractivity contribution in [2.45, 2.75) is 57.9 Å². The molecule has 1 fully saturated rings. The standard InChI is InChI=1S/C23H30N2O5S/c1-4-25-17(2)14-21(18(25)3)22(26)16-30-23(27)19-10-9-11-20(15-19)31(28,29)24-12-7-5-6-8-13-24/h9-11,14-15H,4-8,12-13,16H2,1-3H3. The number of carbonyl (C=O) groups is 2. The van der Waals surface area contributed by atoms with E-state index in [2.05, 4.69) is 0 Å². The highest BCUT2D eigenvalue weighted by Crippen LogP contribution is 2.22. The van der Waals surface area contributed by atoms with Gasteiger partial charge < -0.3 is 9.30 Å². The number of aryl methyl sites for hydroxylation is 1. The van der Waals surface area contributed by atoms with E-state index in [-0.39, 0.29) is 16.2 Å². The minimum Gasteiger partial charge on any atom is -0.454 e. The maximum absolute atomic E-state index is 13.0. The van der Waals surface area contributed by atoms with E-state index in [1.54, 1.807) is 6.07 Å². The lowest BCUT2D eigenvalue weighted by atomic mass is 10.1. The van der Waals surface area contributed by atoms with Gasteiger partial charge in [-0.1, -0.05) is 18.9 Å². The lowest BCUT2D eigenvalue weighted by Gasteiger charge is -2.20. The maximum Gasteiger partial charge on any atom is 0.338 e. The highest BCUT2D eigenvalue weighted by molar-refractivity contribution is 7.89. The Bertz CT molecular complexity index is 1060. The largest absolute Gasteiger partial charge is 0.454 e. The summed E-state index contributed by atoms with van der Waals surface area (Å²) in [5.41, 5.74) is 2.46. The van der Waals surface area contributed by atoms with Crippen LogP contribution in [0.15, 0.2) is 35.2 Å². The van der Waals surface area contributed by atoms with Crippen molar-refractivity contribution in [1.82, 2.24) is 8.87 Å². The molecule has 1 saturated heterocycles. The molecule has 0 bridgehead atoms. The molecule has 168 valence electrons. The Morgan fingerprint density at radius 2 is 1.71 bits per heavy atom. The summed E-state index contributed by atoms with van der Waals surface area (Å²) in [5.74, 6) is -1.000. The third kappa shape index (κ3) is 5.07. The molecule has 8 heteroatoms. The van der Waals surface area contributed by atoms with Crippen LogP contribution >= 0.6 is 0 Å². The fourth-order valence-electron chi connectivity index (χ4n) is 4.08. The number of nitrogens with zero attached hydrogens (tertiary/aromatic N) is 2. The average Bonchev–Trinajstić information content (AvgIpc) is 2.94. The molecule has 0 saturated carbocycles. The molecule has 0 N–H and O–H groups in total. The van der Waals surface area contributed by atoms with Crippen LogP contribution in [0, 0.1) is 13.8 Å². The van der Waals surface area contributed by atoms with Crippen LogP contribution in [0.25, 0.3) is 0 Å². The number of benzene rings is 1. The van der Waals surface area contributed by atoms with Gasteiger partial charge in [0, 0.05) is 36.6 Å². The number of esters is 1. The summed E-state index contributed by atoms with van der Waals surface area (Å²) in [4.78, 5) is 25.1. The summed E-state index contributed by atoms with van der Waals surface area (Å²) >= 11 is 0. The first-order valence-corrected chi connectivity index (χ1v) is 12.2. The molecule has 1 aromatic carbocycles. The van der Waals surface area contributed by atoms with Gasteiger partial charge in [-0.15, -0.1) is 0 Å². The van der Waals surface area contributed by atoms with E-state index in [1.807, 2.05) is 25.3 Å². The smallest absolute Gasteiger partial charge is 0.338 e. The predicted molar refractivity (Wildman–Crippen MR) is 118 cm³/mol. The van der Waals surface area contributed by atoms with E-state index >= 15 is 0 Å². The first kappa shape index (κ1) is 23.2. The van der Waals surface area contributed by atoms with Crippen molar-refractivity contribution >= 4 is 21.8 Å². The van der Waals surface area contributed by atoms with Gasteiger partial charge in [-0.3, -0.25) is 4.79 Å². The lowest BCUT2D eigenvalue weighted by Crippen LogP contribution is -2.32. The summed E-state index contributed by atoms with van der Waals surface area (Å²) in [6.07, 6.45) is 3.71. The minimum atomic E-state index is -3.67. The van der Waals surface area contributed by atoms with Crippen molar-refractivity contribution in [2.75, 3.05) is 19.7 Å². The Morgan fingerprint density at radius 1 is 1.03 bits per heavy atom. The number of ketones is 1. The Kier molecular flexibility index (Phi) is 7.33. The van der Waals surface area contributed by atoms with Crippen LogP contribution in [0.4, 0.5) is 0 Å². The highest BCUT2D eigenvalue weighted by atomic mass is 32.2. The number of hydrogen-bond acceptors (Lipinski definition) is 5. The SMILES string of the molecule is CCn1c(C)cc(C(=O)COC(=O)c2cccc(S(=O)(=O)N3CCCCCC3)c2)c1C. The molecule has 2 aromatic rings.